The summed E-state index contributed by atoms with van der Waals surface area (Å²) in [6.07, 6.45) is 1.81. The molecule has 0 amide bonds. The Bertz CT molecular complexity index is 1070. The molecule has 6 nitrogen and oxygen atoms in total. The molecule has 8 heteroatoms. The fourth-order valence-corrected chi connectivity index (χ4v) is 3.96. The van der Waals surface area contributed by atoms with Crippen LogP contribution >= 0.6 is 27.3 Å². The molecule has 1 aliphatic heterocycles. The monoisotopic (exact) mass is 473 g/mol. The first-order chi connectivity index (χ1) is 14.2. The molecule has 0 atom stereocenters. The van der Waals surface area contributed by atoms with Crippen molar-refractivity contribution >= 4 is 33.5 Å². The predicted molar refractivity (Wildman–Crippen MR) is 118 cm³/mol. The first kappa shape index (κ1) is 19.9. The maximum Gasteiger partial charge on any atom is 0.206 e. The number of aromatic nitrogens is 1. The molecule has 2 aromatic carbocycles. The van der Waals surface area contributed by atoms with Gasteiger partial charge in [-0.25, -0.2) is 4.68 Å². The van der Waals surface area contributed by atoms with Gasteiger partial charge in [0, 0.05) is 22.5 Å². The minimum absolute atomic E-state index is 0.559. The predicted octanol–water partition coefficient (Wildman–Crippen LogP) is 4.18. The molecule has 29 heavy (non-hydrogen) atoms. The highest BCUT2D eigenvalue weighted by Crippen LogP contribution is 2.30. The topological polar surface area (TPSA) is 57.3 Å². The fraction of sp³-hybridized carbons (Fsp3) is 0.238. The van der Waals surface area contributed by atoms with Crippen LogP contribution in [-0.2, 0) is 4.74 Å². The maximum absolute atomic E-state index is 5.67. The number of thiazole rings is 1. The van der Waals surface area contributed by atoms with Crippen molar-refractivity contribution in [2.45, 2.75) is 0 Å². The first-order valence-corrected chi connectivity index (χ1v) is 10.8. The summed E-state index contributed by atoms with van der Waals surface area (Å²) in [5.74, 6) is 1.51. The molecule has 2 heterocycles. The number of hydrogen-bond donors (Lipinski definition) is 0. The number of ether oxygens (including phenoxy) is 3. The Labute approximate surface area is 181 Å². The third kappa shape index (κ3) is 4.77. The SMILES string of the molecule is COCCN=c1scc(-c2ccc(Br)cc2)n1/N=C\c1ccc2c(c1)OCCO2. The highest BCUT2D eigenvalue weighted by atomic mass is 79.9. The molecule has 0 fully saturated rings. The van der Waals surface area contributed by atoms with Crippen molar-refractivity contribution in [3.05, 3.63) is 62.7 Å². The van der Waals surface area contributed by atoms with Gasteiger partial charge in [0.1, 0.15) is 13.2 Å². The van der Waals surface area contributed by atoms with Crippen molar-refractivity contribution in [2.75, 3.05) is 33.5 Å². The molecule has 0 N–H and O–H groups in total. The van der Waals surface area contributed by atoms with Crippen molar-refractivity contribution in [3.63, 3.8) is 0 Å². The molecule has 0 spiro atoms. The molecule has 150 valence electrons. The van der Waals surface area contributed by atoms with E-state index < -0.39 is 0 Å². The highest BCUT2D eigenvalue weighted by molar-refractivity contribution is 9.10. The van der Waals surface area contributed by atoms with Gasteiger partial charge in [-0.1, -0.05) is 28.1 Å². The molecule has 0 bridgehead atoms. The number of halogens is 1. The van der Waals surface area contributed by atoms with Crippen LogP contribution in [0.1, 0.15) is 5.56 Å². The second kappa shape index (κ2) is 9.39. The van der Waals surface area contributed by atoms with Crippen molar-refractivity contribution in [2.24, 2.45) is 10.1 Å². The summed E-state index contributed by atoms with van der Waals surface area (Å²) in [6, 6.07) is 14.0. The van der Waals surface area contributed by atoms with Crippen molar-refractivity contribution in [1.29, 1.82) is 0 Å². The Hall–Kier alpha value is -2.42. The molecule has 1 aliphatic rings. The summed E-state index contributed by atoms with van der Waals surface area (Å²) < 4.78 is 19.3. The standard InChI is InChI=1S/C21H20BrN3O3S/c1-26-9-8-23-21-25(18(14-29-21)16-3-5-17(22)6-4-16)24-13-15-2-7-19-20(12-15)28-11-10-27-19/h2-7,12-14H,8-11H2,1H3/b23-21?,24-13-. The Balaban J connectivity index is 1.70. The summed E-state index contributed by atoms with van der Waals surface area (Å²) in [4.78, 5) is 5.44. The van der Waals surface area contributed by atoms with Crippen LogP contribution < -0.4 is 14.3 Å². The fourth-order valence-electron chi connectivity index (χ4n) is 2.84. The quantitative estimate of drug-likeness (QED) is 0.398. The summed E-state index contributed by atoms with van der Waals surface area (Å²) in [5, 5.41) is 6.79. The molecule has 0 saturated heterocycles. The van der Waals surface area contributed by atoms with Crippen LogP contribution in [0.5, 0.6) is 11.5 Å². The molecule has 0 unspecified atom stereocenters. The summed E-state index contributed by atoms with van der Waals surface area (Å²) in [5.41, 5.74) is 2.97. The van der Waals surface area contributed by atoms with E-state index in [0.29, 0.717) is 26.4 Å². The lowest BCUT2D eigenvalue weighted by Crippen LogP contribution is -2.15. The molecular weight excluding hydrogens is 454 g/mol. The minimum Gasteiger partial charge on any atom is -0.486 e. The van der Waals surface area contributed by atoms with Gasteiger partial charge in [-0.3, -0.25) is 4.99 Å². The van der Waals surface area contributed by atoms with Gasteiger partial charge in [0.25, 0.3) is 0 Å². The van der Waals surface area contributed by atoms with Gasteiger partial charge in [0.2, 0.25) is 4.80 Å². The Morgan fingerprint density at radius 1 is 1.14 bits per heavy atom. The highest BCUT2D eigenvalue weighted by Gasteiger charge is 2.11. The van der Waals surface area contributed by atoms with Gasteiger partial charge in [-0.2, -0.15) is 5.10 Å². The van der Waals surface area contributed by atoms with E-state index in [9.17, 15) is 0 Å². The van der Waals surface area contributed by atoms with E-state index in [1.54, 1.807) is 18.4 Å². The number of rotatable bonds is 6. The van der Waals surface area contributed by atoms with Crippen LogP contribution in [0.2, 0.25) is 0 Å². The summed E-state index contributed by atoms with van der Waals surface area (Å²) in [6.45, 7) is 2.28. The van der Waals surface area contributed by atoms with Gasteiger partial charge in [-0.05, 0) is 35.9 Å². The van der Waals surface area contributed by atoms with Gasteiger partial charge < -0.3 is 14.2 Å². The van der Waals surface area contributed by atoms with Gasteiger partial charge in [-0.15, -0.1) is 11.3 Å². The van der Waals surface area contributed by atoms with E-state index in [1.165, 1.54) is 0 Å². The zero-order valence-electron chi connectivity index (χ0n) is 15.9. The summed E-state index contributed by atoms with van der Waals surface area (Å²) in [7, 11) is 1.67. The average Bonchev–Trinajstić information content (AvgIpc) is 3.15. The van der Waals surface area contributed by atoms with Crippen molar-refractivity contribution in [1.82, 2.24) is 4.68 Å². The Morgan fingerprint density at radius 2 is 1.93 bits per heavy atom. The number of nitrogens with zero attached hydrogens (tertiary/aromatic N) is 3. The Morgan fingerprint density at radius 3 is 2.72 bits per heavy atom. The molecule has 0 radical (unpaired) electrons. The largest absolute Gasteiger partial charge is 0.486 e. The van der Waals surface area contributed by atoms with Crippen LogP contribution in [0.25, 0.3) is 11.3 Å². The van der Waals surface area contributed by atoms with Crippen LogP contribution in [0.4, 0.5) is 0 Å². The minimum atomic E-state index is 0.559. The Kier molecular flexibility index (Phi) is 6.43. The molecule has 0 aliphatic carbocycles. The van der Waals surface area contributed by atoms with E-state index in [2.05, 4.69) is 38.4 Å². The molecule has 4 rings (SSSR count). The van der Waals surface area contributed by atoms with Crippen LogP contribution in [0.3, 0.4) is 0 Å². The third-order valence-electron chi connectivity index (χ3n) is 4.26. The molecule has 1 aromatic heterocycles. The molecule has 3 aromatic rings. The van der Waals surface area contributed by atoms with E-state index in [0.717, 1.165) is 37.6 Å². The van der Waals surface area contributed by atoms with Crippen LogP contribution in [0, 0.1) is 0 Å². The average molecular weight is 474 g/mol. The van der Waals surface area contributed by atoms with Crippen molar-refractivity contribution in [3.8, 4) is 22.8 Å². The lowest BCUT2D eigenvalue weighted by Gasteiger charge is -2.18. The lowest BCUT2D eigenvalue weighted by molar-refractivity contribution is 0.171. The van der Waals surface area contributed by atoms with E-state index in [4.69, 9.17) is 19.3 Å². The van der Waals surface area contributed by atoms with Gasteiger partial charge in [0.05, 0.1) is 25.1 Å². The number of benzene rings is 2. The van der Waals surface area contributed by atoms with E-state index in [-0.39, 0.29) is 0 Å². The number of methoxy groups -OCH3 is 1. The zero-order valence-corrected chi connectivity index (χ0v) is 18.3. The number of hydrogen-bond acceptors (Lipinski definition) is 6. The molecular formula is C21H20BrN3O3S. The normalized spacial score (nSPS) is 13.9. The van der Waals surface area contributed by atoms with E-state index >= 15 is 0 Å². The lowest BCUT2D eigenvalue weighted by atomic mass is 10.2. The van der Waals surface area contributed by atoms with Gasteiger partial charge >= 0.3 is 0 Å². The zero-order chi connectivity index (χ0) is 20.1. The summed E-state index contributed by atoms with van der Waals surface area (Å²) >= 11 is 5.04. The van der Waals surface area contributed by atoms with Gasteiger partial charge in [0.15, 0.2) is 11.5 Å². The maximum atomic E-state index is 5.67. The third-order valence-corrected chi connectivity index (χ3v) is 5.64. The first-order valence-electron chi connectivity index (χ1n) is 9.14. The smallest absolute Gasteiger partial charge is 0.206 e. The number of fused-ring (bicyclic) bond motifs is 1. The molecule has 0 saturated carbocycles. The second-order valence-electron chi connectivity index (χ2n) is 6.24. The van der Waals surface area contributed by atoms with Crippen LogP contribution in [0.15, 0.2) is 62.4 Å². The van der Waals surface area contributed by atoms with E-state index in [1.807, 2.05) is 41.2 Å². The van der Waals surface area contributed by atoms with Crippen molar-refractivity contribution < 1.29 is 14.2 Å². The second-order valence-corrected chi connectivity index (χ2v) is 8.00. The van der Waals surface area contributed by atoms with Crippen LogP contribution in [-0.4, -0.2) is 44.4 Å².